The topological polar surface area (TPSA) is 58.6 Å². The van der Waals surface area contributed by atoms with Crippen LogP contribution in [0.1, 0.15) is 27.2 Å². The van der Waals surface area contributed by atoms with Gasteiger partial charge in [-0.2, -0.15) is 0 Å². The summed E-state index contributed by atoms with van der Waals surface area (Å²) in [6.45, 7) is 4.26. The van der Waals surface area contributed by atoms with Crippen molar-refractivity contribution in [2.75, 3.05) is 13.2 Å². The molecule has 20 heavy (non-hydrogen) atoms. The molecule has 2 atom stereocenters. The van der Waals surface area contributed by atoms with Crippen molar-refractivity contribution in [1.82, 2.24) is 10.2 Å². The van der Waals surface area contributed by atoms with Gasteiger partial charge in [-0.25, -0.2) is 0 Å². The van der Waals surface area contributed by atoms with E-state index in [0.717, 1.165) is 0 Å². The average Bonchev–Trinajstić information content (AvgIpc) is 2.30. The molecule has 1 aliphatic heterocycles. The van der Waals surface area contributed by atoms with Crippen LogP contribution in [0.5, 0.6) is 0 Å². The highest BCUT2D eigenvalue weighted by molar-refractivity contribution is 5.97. The summed E-state index contributed by atoms with van der Waals surface area (Å²) < 4.78 is 39.6. The van der Waals surface area contributed by atoms with E-state index in [1.165, 1.54) is 4.90 Å². The van der Waals surface area contributed by atoms with E-state index in [1.807, 2.05) is 0 Å². The van der Waals surface area contributed by atoms with Crippen molar-refractivity contribution in [3.05, 3.63) is 0 Å². The van der Waals surface area contributed by atoms with Gasteiger partial charge in [0, 0.05) is 6.54 Å². The van der Waals surface area contributed by atoms with Crippen LogP contribution in [0.3, 0.4) is 0 Å². The molecule has 0 aromatic carbocycles. The van der Waals surface area contributed by atoms with Gasteiger partial charge in [-0.15, -0.1) is 13.2 Å². The molecule has 1 heterocycles. The number of nitrogens with zero attached hydrogens (tertiary/aromatic N) is 1. The Morgan fingerprint density at radius 3 is 2.40 bits per heavy atom. The highest BCUT2D eigenvalue weighted by Crippen LogP contribution is 2.20. The number of hydrogen-bond donors (Lipinski definition) is 1. The van der Waals surface area contributed by atoms with Crippen LogP contribution in [-0.4, -0.2) is 48.3 Å². The quantitative estimate of drug-likeness (QED) is 0.831. The van der Waals surface area contributed by atoms with E-state index in [9.17, 15) is 22.8 Å². The number of carbonyl (C=O) groups is 2. The highest BCUT2D eigenvalue weighted by atomic mass is 19.4. The van der Waals surface area contributed by atoms with Crippen molar-refractivity contribution in [2.45, 2.75) is 45.6 Å². The molecular weight excluding hydrogens is 277 g/mol. The first-order valence-corrected chi connectivity index (χ1v) is 6.49. The molecule has 8 heteroatoms. The summed E-state index contributed by atoms with van der Waals surface area (Å²) in [6.07, 6.45) is -4.34. The van der Waals surface area contributed by atoms with Gasteiger partial charge < -0.3 is 10.2 Å². The third-order valence-electron chi connectivity index (χ3n) is 3.14. The summed E-state index contributed by atoms with van der Waals surface area (Å²) in [7, 11) is 0. The van der Waals surface area contributed by atoms with Crippen LogP contribution in [0.15, 0.2) is 0 Å². The van der Waals surface area contributed by atoms with Crippen LogP contribution in [0, 0.1) is 5.92 Å². The number of amides is 2. The van der Waals surface area contributed by atoms with Crippen LogP contribution >= 0.6 is 0 Å². The summed E-state index contributed by atoms with van der Waals surface area (Å²) in [5.41, 5.74) is 0. The third-order valence-corrected chi connectivity index (χ3v) is 3.14. The zero-order valence-electron chi connectivity index (χ0n) is 11.7. The van der Waals surface area contributed by atoms with E-state index in [2.05, 4.69) is 10.1 Å². The predicted molar refractivity (Wildman–Crippen MR) is 64.6 cm³/mol. The van der Waals surface area contributed by atoms with Crippen molar-refractivity contribution >= 4 is 11.8 Å². The lowest BCUT2D eigenvalue weighted by molar-refractivity contribution is -0.325. The number of alkyl halides is 3. The van der Waals surface area contributed by atoms with Crippen LogP contribution < -0.4 is 5.32 Å². The number of nitrogens with one attached hydrogen (secondary N) is 1. The standard InChI is InChI=1S/C12H19F3N2O3/c1-4-8-11(19)17(5-6-20-12(13,14)15)9(7(2)3)10(18)16-8/h7-9H,4-6H2,1-3H3,(H,16,18). The summed E-state index contributed by atoms with van der Waals surface area (Å²) in [6, 6.07) is -1.44. The maximum atomic E-state index is 12.1. The zero-order chi connectivity index (χ0) is 15.5. The lowest BCUT2D eigenvalue weighted by atomic mass is 9.96. The Morgan fingerprint density at radius 2 is 1.95 bits per heavy atom. The Hall–Kier alpha value is -1.31. The van der Waals surface area contributed by atoms with Crippen LogP contribution in [0.2, 0.25) is 0 Å². The molecule has 2 amide bonds. The fourth-order valence-corrected chi connectivity index (χ4v) is 2.25. The molecule has 0 radical (unpaired) electrons. The average molecular weight is 296 g/mol. The van der Waals surface area contributed by atoms with Gasteiger partial charge in [0.2, 0.25) is 11.8 Å². The van der Waals surface area contributed by atoms with E-state index in [4.69, 9.17) is 0 Å². The van der Waals surface area contributed by atoms with Gasteiger partial charge in [0.05, 0.1) is 6.61 Å². The fourth-order valence-electron chi connectivity index (χ4n) is 2.25. The monoisotopic (exact) mass is 296 g/mol. The second-order valence-electron chi connectivity index (χ2n) is 4.98. The molecule has 1 N–H and O–H groups in total. The van der Waals surface area contributed by atoms with Gasteiger partial charge in [0.15, 0.2) is 0 Å². The van der Waals surface area contributed by atoms with Crippen molar-refractivity contribution in [3.63, 3.8) is 0 Å². The van der Waals surface area contributed by atoms with Crippen LogP contribution in [-0.2, 0) is 14.3 Å². The van der Waals surface area contributed by atoms with Crippen LogP contribution in [0.25, 0.3) is 0 Å². The second kappa shape index (κ2) is 6.43. The minimum atomic E-state index is -4.74. The first kappa shape index (κ1) is 16.7. The molecule has 1 rings (SSSR count). The second-order valence-corrected chi connectivity index (χ2v) is 4.98. The largest absolute Gasteiger partial charge is 0.522 e. The first-order valence-electron chi connectivity index (χ1n) is 6.49. The smallest absolute Gasteiger partial charge is 0.343 e. The van der Waals surface area contributed by atoms with E-state index in [-0.39, 0.29) is 24.3 Å². The molecule has 0 saturated carbocycles. The Labute approximate surface area is 115 Å². The third kappa shape index (κ3) is 4.09. The summed E-state index contributed by atoms with van der Waals surface area (Å²) in [5.74, 6) is -0.891. The van der Waals surface area contributed by atoms with Gasteiger partial charge in [-0.05, 0) is 12.3 Å². The number of rotatable bonds is 5. The van der Waals surface area contributed by atoms with Crippen molar-refractivity contribution < 1.29 is 27.5 Å². The molecule has 5 nitrogen and oxygen atoms in total. The number of hydrogen-bond acceptors (Lipinski definition) is 3. The molecule has 0 aromatic heterocycles. The molecule has 1 fully saturated rings. The van der Waals surface area contributed by atoms with Gasteiger partial charge >= 0.3 is 6.36 Å². The van der Waals surface area contributed by atoms with Crippen molar-refractivity contribution in [2.24, 2.45) is 5.92 Å². The summed E-state index contributed by atoms with van der Waals surface area (Å²) in [4.78, 5) is 25.3. The Kier molecular flexibility index (Phi) is 5.38. The molecule has 0 bridgehead atoms. The highest BCUT2D eigenvalue weighted by Gasteiger charge is 2.41. The lowest BCUT2D eigenvalue weighted by Gasteiger charge is -2.40. The minimum Gasteiger partial charge on any atom is -0.343 e. The van der Waals surface area contributed by atoms with Crippen molar-refractivity contribution in [1.29, 1.82) is 0 Å². The van der Waals surface area contributed by atoms with E-state index >= 15 is 0 Å². The van der Waals surface area contributed by atoms with Gasteiger partial charge in [0.1, 0.15) is 12.1 Å². The lowest BCUT2D eigenvalue weighted by Crippen LogP contribution is -2.65. The Bertz CT molecular complexity index is 371. The summed E-state index contributed by atoms with van der Waals surface area (Å²) >= 11 is 0. The Morgan fingerprint density at radius 1 is 1.35 bits per heavy atom. The van der Waals surface area contributed by atoms with Crippen molar-refractivity contribution in [3.8, 4) is 0 Å². The number of halogens is 3. The molecule has 0 spiro atoms. The summed E-state index contributed by atoms with van der Waals surface area (Å²) in [5, 5.41) is 2.59. The van der Waals surface area contributed by atoms with E-state index in [0.29, 0.717) is 6.42 Å². The van der Waals surface area contributed by atoms with E-state index < -0.39 is 25.1 Å². The number of piperazine rings is 1. The van der Waals surface area contributed by atoms with Crippen LogP contribution in [0.4, 0.5) is 13.2 Å². The fraction of sp³-hybridized carbons (Fsp3) is 0.833. The molecule has 0 aromatic rings. The van der Waals surface area contributed by atoms with E-state index in [1.54, 1.807) is 20.8 Å². The predicted octanol–water partition coefficient (Wildman–Crippen LogP) is 1.28. The van der Waals surface area contributed by atoms with Gasteiger partial charge in [0.25, 0.3) is 0 Å². The number of carbonyl (C=O) groups excluding carboxylic acids is 2. The first-order chi connectivity index (χ1) is 9.17. The molecule has 0 aliphatic carbocycles. The maximum Gasteiger partial charge on any atom is 0.522 e. The van der Waals surface area contributed by atoms with Gasteiger partial charge in [-0.3, -0.25) is 14.3 Å². The molecular formula is C12H19F3N2O3. The minimum absolute atomic E-state index is 0.192. The molecule has 1 saturated heterocycles. The maximum absolute atomic E-state index is 12.1. The SMILES string of the molecule is CCC1NC(=O)C(C(C)C)N(CCOC(F)(F)F)C1=O. The molecule has 1 aliphatic rings. The normalized spacial score (nSPS) is 24.2. The van der Waals surface area contributed by atoms with Gasteiger partial charge in [-0.1, -0.05) is 20.8 Å². The number of ether oxygens (including phenoxy) is 1. The molecule has 2 unspecified atom stereocenters. The zero-order valence-corrected chi connectivity index (χ0v) is 11.7. The molecule has 116 valence electrons. The Balaban J connectivity index is 2.78.